The maximum atomic E-state index is 14.2. The summed E-state index contributed by atoms with van der Waals surface area (Å²) in [5.74, 6) is -2.26. The van der Waals surface area contributed by atoms with Crippen LogP contribution in [0, 0.1) is 5.92 Å². The number of carbonyl (C=O) groups excluding carboxylic acids is 4. The van der Waals surface area contributed by atoms with Crippen molar-refractivity contribution in [1.29, 1.82) is 0 Å². The number of esters is 1. The van der Waals surface area contributed by atoms with E-state index in [9.17, 15) is 27.6 Å². The summed E-state index contributed by atoms with van der Waals surface area (Å²) < 4.78 is 43.1. The average Bonchev–Trinajstić information content (AvgIpc) is 3.31. The van der Waals surface area contributed by atoms with Crippen molar-refractivity contribution in [3.63, 3.8) is 0 Å². The number of nitrogens with zero attached hydrogens (tertiary/aromatic N) is 1. The number of likely N-dealkylation sites (tertiary alicyclic amines) is 1. The summed E-state index contributed by atoms with van der Waals surface area (Å²) in [6.45, 7) is 7.23. The van der Waals surface area contributed by atoms with E-state index in [1.165, 1.54) is 24.1 Å². The van der Waals surface area contributed by atoms with E-state index in [1.54, 1.807) is 18.2 Å². The van der Waals surface area contributed by atoms with E-state index >= 15 is 0 Å². The van der Waals surface area contributed by atoms with Crippen LogP contribution < -0.4 is 10.6 Å². The van der Waals surface area contributed by atoms with Crippen LogP contribution in [-0.2, 0) is 38.2 Å². The molecule has 3 aliphatic rings. The van der Waals surface area contributed by atoms with Crippen molar-refractivity contribution < 1.29 is 41.3 Å². The van der Waals surface area contributed by atoms with Crippen LogP contribution in [0.25, 0.3) is 0 Å². The molecule has 2 saturated carbocycles. The normalized spacial score (nSPS) is 24.6. The molecule has 0 spiro atoms. The molecule has 14 heteroatoms. The van der Waals surface area contributed by atoms with Crippen molar-refractivity contribution >= 4 is 49.9 Å². The molecule has 1 saturated heterocycles. The molecule has 47 heavy (non-hydrogen) atoms. The van der Waals surface area contributed by atoms with Crippen LogP contribution in [0.15, 0.2) is 58.9 Å². The van der Waals surface area contributed by atoms with Gasteiger partial charge in [0, 0.05) is 23.4 Å². The number of hydrogen-bond acceptors (Lipinski definition) is 9. The number of benzene rings is 1. The Bertz CT molecular complexity index is 1430. The molecule has 12 nitrogen and oxygen atoms in total. The molecular weight excluding hydrogens is 694 g/mol. The minimum absolute atomic E-state index is 0.0864. The highest BCUT2D eigenvalue weighted by atomic mass is 79.9. The Kier molecular flexibility index (Phi) is 12.7. The van der Waals surface area contributed by atoms with Gasteiger partial charge in [-0.2, -0.15) is 8.42 Å². The summed E-state index contributed by atoms with van der Waals surface area (Å²) in [6.07, 6.45) is 8.18. The number of carbonyl (C=O) groups is 4. The minimum Gasteiger partial charge on any atom is -0.467 e. The Morgan fingerprint density at radius 1 is 1.09 bits per heavy atom. The molecule has 2 N–H and O–H groups in total. The zero-order valence-corrected chi connectivity index (χ0v) is 29.1. The van der Waals surface area contributed by atoms with Gasteiger partial charge in [0.25, 0.3) is 10.1 Å². The zero-order valence-electron chi connectivity index (χ0n) is 26.7. The van der Waals surface area contributed by atoms with Gasteiger partial charge in [0.1, 0.15) is 23.7 Å². The predicted molar refractivity (Wildman–Crippen MR) is 176 cm³/mol. The largest absolute Gasteiger partial charge is 0.467 e. The highest BCUT2D eigenvalue weighted by molar-refractivity contribution is 9.10. The summed E-state index contributed by atoms with van der Waals surface area (Å²) in [5, 5.41) is 5.47. The molecule has 258 valence electrons. The number of unbranched alkanes of at least 4 members (excludes halogenated alkanes) is 3. The lowest BCUT2D eigenvalue weighted by atomic mass is 10.0. The molecule has 3 fully saturated rings. The molecule has 1 aliphatic heterocycles. The number of nitrogens with one attached hydrogen (secondary N) is 2. The summed E-state index contributed by atoms with van der Waals surface area (Å²) in [5.41, 5.74) is -1.33. The quantitative estimate of drug-likeness (QED) is 0.108. The zero-order chi connectivity index (χ0) is 34.2. The molecule has 1 aromatic rings. The molecule has 1 heterocycles. The molecule has 0 aromatic heterocycles. The van der Waals surface area contributed by atoms with Crippen molar-refractivity contribution in [2.45, 2.75) is 105 Å². The third-order valence-corrected chi connectivity index (χ3v) is 10.9. The lowest BCUT2D eigenvalue weighted by Crippen LogP contribution is -2.56. The number of ether oxygens (including phenoxy) is 2. The van der Waals surface area contributed by atoms with Crippen molar-refractivity contribution in [2.75, 3.05) is 13.7 Å². The predicted octanol–water partition coefficient (Wildman–Crippen LogP) is 4.53. The van der Waals surface area contributed by atoms with E-state index in [2.05, 4.69) is 39.7 Å². The highest BCUT2D eigenvalue weighted by Gasteiger charge is 2.62. The van der Waals surface area contributed by atoms with Gasteiger partial charge in [-0.1, -0.05) is 40.9 Å². The van der Waals surface area contributed by atoms with Gasteiger partial charge in [-0.15, -0.1) is 13.2 Å². The Labute approximate surface area is 284 Å². The standard InChI is InChI=1S/C33H44BrN3O9S/c1-4-6-7-8-9-14-27(35-32(41)45-24-12-10-11-13-24)30(39)37-21-25(46-47(42,43)26-17-15-23(34)16-18-26)19-28(37)29(38)36-33(31(40)44-3)20-22(33)5-2/h4-5,15-18,22,24-25,27-28H,1-2,6-14,19-21H2,3H3,(H,35,41)(H,36,38). The van der Waals surface area contributed by atoms with Gasteiger partial charge < -0.3 is 25.0 Å². The molecule has 2 aliphatic carbocycles. The summed E-state index contributed by atoms with van der Waals surface area (Å²) >= 11 is 3.28. The first-order valence-electron chi connectivity index (χ1n) is 16.0. The fourth-order valence-corrected chi connectivity index (χ4v) is 7.63. The van der Waals surface area contributed by atoms with Crippen LogP contribution >= 0.6 is 15.9 Å². The first-order chi connectivity index (χ1) is 22.4. The molecule has 5 atom stereocenters. The monoisotopic (exact) mass is 737 g/mol. The fourth-order valence-electron chi connectivity index (χ4n) is 6.29. The van der Waals surface area contributed by atoms with Crippen LogP contribution in [0.4, 0.5) is 4.79 Å². The molecule has 0 radical (unpaired) electrons. The SMILES string of the molecule is C=CCCCCCC(NC(=O)OC1CCCC1)C(=O)N1CC(OS(=O)(=O)c2ccc(Br)cc2)CC1C(=O)NC1(C(=O)OC)CC1C=C. The molecule has 3 amide bonds. The van der Waals surface area contributed by atoms with E-state index in [-0.39, 0.29) is 42.7 Å². The van der Waals surface area contributed by atoms with E-state index in [4.69, 9.17) is 13.7 Å². The summed E-state index contributed by atoms with van der Waals surface area (Å²) in [4.78, 5) is 54.8. The number of hydrogen-bond donors (Lipinski definition) is 2. The lowest BCUT2D eigenvalue weighted by molar-refractivity contribution is -0.148. The second kappa shape index (κ2) is 16.2. The third kappa shape index (κ3) is 9.23. The van der Waals surface area contributed by atoms with E-state index in [0.29, 0.717) is 10.9 Å². The smallest absolute Gasteiger partial charge is 0.408 e. The van der Waals surface area contributed by atoms with Gasteiger partial charge in [-0.05, 0) is 75.6 Å². The van der Waals surface area contributed by atoms with Gasteiger partial charge in [0.2, 0.25) is 11.8 Å². The van der Waals surface area contributed by atoms with E-state index < -0.39 is 57.7 Å². The minimum atomic E-state index is -4.26. The van der Waals surface area contributed by atoms with Gasteiger partial charge in [-0.3, -0.25) is 13.8 Å². The maximum Gasteiger partial charge on any atom is 0.408 e. The molecule has 4 rings (SSSR count). The second-order valence-electron chi connectivity index (χ2n) is 12.3. The highest BCUT2D eigenvalue weighted by Crippen LogP contribution is 2.45. The first kappa shape index (κ1) is 36.6. The average molecular weight is 739 g/mol. The van der Waals surface area contributed by atoms with Crippen LogP contribution in [0.1, 0.15) is 70.6 Å². The Morgan fingerprint density at radius 3 is 2.40 bits per heavy atom. The van der Waals surface area contributed by atoms with Crippen LogP contribution in [0.3, 0.4) is 0 Å². The van der Waals surface area contributed by atoms with E-state index in [0.717, 1.165) is 44.9 Å². The molecule has 0 bridgehead atoms. The number of halogens is 1. The Morgan fingerprint density at radius 2 is 1.79 bits per heavy atom. The Balaban J connectivity index is 1.57. The number of allylic oxidation sites excluding steroid dienone is 1. The topological polar surface area (TPSA) is 157 Å². The number of rotatable bonds is 16. The lowest BCUT2D eigenvalue weighted by Gasteiger charge is -2.29. The number of amides is 3. The second-order valence-corrected chi connectivity index (χ2v) is 14.8. The fraction of sp³-hybridized carbons (Fsp3) is 0.576. The van der Waals surface area contributed by atoms with Gasteiger partial charge in [0.05, 0.1) is 18.1 Å². The van der Waals surface area contributed by atoms with Crippen molar-refractivity contribution in [3.05, 3.63) is 54.0 Å². The van der Waals surface area contributed by atoms with E-state index in [1.807, 2.05) is 6.08 Å². The molecular formula is C33H44BrN3O9S. The Hall–Kier alpha value is -3.23. The maximum absolute atomic E-state index is 14.2. The van der Waals surface area contributed by atoms with Crippen LogP contribution in [0.2, 0.25) is 0 Å². The van der Waals surface area contributed by atoms with Crippen molar-refractivity contribution in [2.24, 2.45) is 5.92 Å². The molecule has 1 aromatic carbocycles. The van der Waals surface area contributed by atoms with Gasteiger partial charge in [0.15, 0.2) is 0 Å². The number of methoxy groups -OCH3 is 1. The van der Waals surface area contributed by atoms with Crippen LogP contribution in [0.5, 0.6) is 0 Å². The van der Waals surface area contributed by atoms with Crippen molar-refractivity contribution in [1.82, 2.24) is 15.5 Å². The summed E-state index contributed by atoms with van der Waals surface area (Å²) in [6, 6.07) is 3.64. The third-order valence-electron chi connectivity index (χ3n) is 8.98. The van der Waals surface area contributed by atoms with Crippen LogP contribution in [-0.4, -0.2) is 80.7 Å². The van der Waals surface area contributed by atoms with Crippen molar-refractivity contribution in [3.8, 4) is 0 Å². The van der Waals surface area contributed by atoms with Gasteiger partial charge in [-0.25, -0.2) is 9.59 Å². The first-order valence-corrected chi connectivity index (χ1v) is 18.2. The summed E-state index contributed by atoms with van der Waals surface area (Å²) in [7, 11) is -3.05. The molecule has 5 unspecified atom stereocenters. The van der Waals surface area contributed by atoms with Gasteiger partial charge >= 0.3 is 12.1 Å². The number of alkyl carbamates (subject to hydrolysis) is 1.